The van der Waals surface area contributed by atoms with Crippen LogP contribution in [0.1, 0.15) is 101 Å². The number of amides is 5. The summed E-state index contributed by atoms with van der Waals surface area (Å²) in [6, 6.07) is 7.33. The van der Waals surface area contributed by atoms with E-state index in [1.165, 1.54) is 4.90 Å². The Morgan fingerprint density at radius 3 is 2.31 bits per heavy atom. The summed E-state index contributed by atoms with van der Waals surface area (Å²) in [6.45, 7) is 10.8. The van der Waals surface area contributed by atoms with E-state index in [0.717, 1.165) is 28.6 Å². The van der Waals surface area contributed by atoms with E-state index in [4.69, 9.17) is 19.3 Å². The number of ether oxygens (including phenoxy) is 2. The third-order valence-electron chi connectivity index (χ3n) is 14.9. The van der Waals surface area contributed by atoms with E-state index in [2.05, 4.69) is 32.7 Å². The van der Waals surface area contributed by atoms with Gasteiger partial charge in [-0.2, -0.15) is 0 Å². The van der Waals surface area contributed by atoms with Crippen molar-refractivity contribution < 1.29 is 57.8 Å². The second-order valence-corrected chi connectivity index (χ2v) is 20.8. The highest BCUT2D eigenvalue weighted by Crippen LogP contribution is 2.42. The van der Waals surface area contributed by atoms with Crippen molar-refractivity contribution in [2.75, 3.05) is 80.0 Å². The number of likely N-dealkylation sites (tertiary alicyclic amines) is 1. The number of nitrogens with zero attached hydrogens (tertiary/aromatic N) is 7. The number of nitrogens with one attached hydrogen (secondary N) is 3. The molecule has 23 nitrogen and oxygen atoms in total. The fourth-order valence-electron chi connectivity index (χ4n) is 10.3. The Balaban J connectivity index is 0.842. The van der Waals surface area contributed by atoms with Crippen LogP contribution in [-0.4, -0.2) is 185 Å². The molecule has 2 aromatic heterocycles. The van der Waals surface area contributed by atoms with Crippen molar-refractivity contribution in [3.63, 3.8) is 0 Å². The molecule has 0 aliphatic carbocycles. The maximum atomic E-state index is 14.3. The van der Waals surface area contributed by atoms with E-state index in [0.29, 0.717) is 75.0 Å². The number of aliphatic hydroxyl groups is 1. The van der Waals surface area contributed by atoms with Gasteiger partial charge >= 0.3 is 17.9 Å². The van der Waals surface area contributed by atoms with Gasteiger partial charge in [0.15, 0.2) is 6.23 Å². The summed E-state index contributed by atoms with van der Waals surface area (Å²) in [6.07, 6.45) is 0.950. The molecule has 0 bridgehead atoms. The van der Waals surface area contributed by atoms with Gasteiger partial charge < -0.3 is 54.6 Å². The minimum Gasteiger partial charge on any atom is -0.457 e. The fourth-order valence-corrected chi connectivity index (χ4v) is 10.3. The molecule has 1 aromatic carbocycles. The Kier molecular flexibility index (Phi) is 19.2. The van der Waals surface area contributed by atoms with Crippen molar-refractivity contribution in [3.05, 3.63) is 62.9 Å². The molecule has 23 heteroatoms. The highest BCUT2D eigenvalue weighted by molar-refractivity contribution is 5.94. The van der Waals surface area contributed by atoms with Crippen molar-refractivity contribution in [3.8, 4) is 11.4 Å². The van der Waals surface area contributed by atoms with E-state index in [9.17, 15) is 48.3 Å². The lowest BCUT2D eigenvalue weighted by atomic mass is 9.85. The molecule has 2 fully saturated rings. The van der Waals surface area contributed by atoms with Crippen molar-refractivity contribution in [2.24, 2.45) is 5.92 Å². The van der Waals surface area contributed by atoms with Crippen LogP contribution in [0.5, 0.6) is 0 Å². The molecule has 2 saturated heterocycles. The van der Waals surface area contributed by atoms with Gasteiger partial charge in [0.1, 0.15) is 18.7 Å². The van der Waals surface area contributed by atoms with Crippen LogP contribution in [0, 0.1) is 5.92 Å². The van der Waals surface area contributed by atoms with Gasteiger partial charge in [-0.3, -0.25) is 33.7 Å². The summed E-state index contributed by atoms with van der Waals surface area (Å²) < 4.78 is 13.4. The molecule has 0 radical (unpaired) electrons. The van der Waals surface area contributed by atoms with E-state index < -0.39 is 65.5 Å². The predicted octanol–water partition coefficient (Wildman–Crippen LogP) is 0.922. The van der Waals surface area contributed by atoms with Crippen LogP contribution in [0.4, 0.5) is 0 Å². The molecule has 5 amide bonds. The lowest BCUT2D eigenvalue weighted by molar-refractivity contribution is -0.220. The molecule has 1 unspecified atom stereocenters. The molecule has 77 heavy (non-hydrogen) atoms. The first-order chi connectivity index (χ1) is 36.8. The van der Waals surface area contributed by atoms with Crippen molar-refractivity contribution in [1.29, 1.82) is 0 Å². The molecule has 0 spiro atoms. The molecular weight excluding hydrogens is 997 g/mol. The summed E-state index contributed by atoms with van der Waals surface area (Å²) in [5, 5.41) is 19.7. The number of cyclic esters (lactones) is 1. The molecule has 4 aliphatic rings. The Morgan fingerprint density at radius 1 is 0.909 bits per heavy atom. The van der Waals surface area contributed by atoms with E-state index >= 15 is 0 Å². The van der Waals surface area contributed by atoms with E-state index in [1.54, 1.807) is 38.5 Å². The summed E-state index contributed by atoms with van der Waals surface area (Å²) in [4.78, 5) is 136. The number of aliphatic hydroxyl groups excluding tert-OH is 1. The van der Waals surface area contributed by atoms with Gasteiger partial charge in [-0.1, -0.05) is 45.9 Å². The number of fused-ring (bicyclic) bond motifs is 5. The Morgan fingerprint density at radius 2 is 1.62 bits per heavy atom. The number of rotatable bonds is 25. The average Bonchev–Trinajstić information content (AvgIpc) is 4.38. The molecule has 0 saturated carbocycles. The van der Waals surface area contributed by atoms with Crippen LogP contribution in [0.2, 0.25) is 0 Å². The molecule has 4 aliphatic heterocycles. The summed E-state index contributed by atoms with van der Waals surface area (Å²) in [5.74, 6) is -5.02. The third kappa shape index (κ3) is 13.3. The number of aromatic nitrogens is 2. The largest absolute Gasteiger partial charge is 0.457 e. The maximum absolute atomic E-state index is 14.3. The van der Waals surface area contributed by atoms with E-state index in [-0.39, 0.29) is 93.3 Å². The van der Waals surface area contributed by atoms with Gasteiger partial charge in [0.2, 0.25) is 29.2 Å². The average molecular weight is 1070 g/mol. The minimum absolute atomic E-state index is 0.0289. The topological polar surface area (TPSA) is 272 Å². The minimum atomic E-state index is -2.00. The molecule has 4 N–H and O–H groups in total. The second-order valence-electron chi connectivity index (χ2n) is 20.8. The zero-order valence-corrected chi connectivity index (χ0v) is 45.3. The maximum Gasteiger partial charge on any atom is 0.355 e. The van der Waals surface area contributed by atoms with Crippen LogP contribution < -0.4 is 21.5 Å². The van der Waals surface area contributed by atoms with Gasteiger partial charge in [-0.25, -0.2) is 19.4 Å². The molecule has 3 aromatic rings. The van der Waals surface area contributed by atoms with Crippen molar-refractivity contribution >= 4 is 58.3 Å². The zero-order valence-electron chi connectivity index (χ0n) is 45.3. The first kappa shape index (κ1) is 57.9. The number of hydrogen-bond donors (Lipinski definition) is 4. The third-order valence-corrected chi connectivity index (χ3v) is 14.9. The highest BCUT2D eigenvalue weighted by Gasteiger charge is 2.52. The lowest BCUT2D eigenvalue weighted by Crippen LogP contribution is -2.56. The number of para-hydroxylation sites is 1. The van der Waals surface area contributed by atoms with Gasteiger partial charge in [-0.05, 0) is 76.9 Å². The number of carbonyl (C=O) groups excluding carboxylic acids is 8. The highest BCUT2D eigenvalue weighted by atomic mass is 16.7. The second kappa shape index (κ2) is 25.6. The van der Waals surface area contributed by atoms with Gasteiger partial charge in [0.05, 0.1) is 42.1 Å². The number of hydrogen-bond acceptors (Lipinski definition) is 17. The summed E-state index contributed by atoms with van der Waals surface area (Å²) >= 11 is 0. The van der Waals surface area contributed by atoms with Gasteiger partial charge in [0, 0.05) is 88.0 Å². The molecule has 7 rings (SSSR count). The van der Waals surface area contributed by atoms with Crippen LogP contribution in [-0.2, 0) is 77.8 Å². The number of pyridine rings is 2. The predicted molar refractivity (Wildman–Crippen MR) is 280 cm³/mol. The number of hydroxylamine groups is 2. The van der Waals surface area contributed by atoms with Crippen LogP contribution in [0.25, 0.3) is 22.3 Å². The van der Waals surface area contributed by atoms with E-state index in [1.807, 2.05) is 43.3 Å². The number of likely N-dealkylation sites (N-methyl/N-ethyl adjacent to an activating group) is 3. The van der Waals surface area contributed by atoms with Crippen LogP contribution in [0.3, 0.4) is 0 Å². The normalized spacial score (nSPS) is 19.1. The first-order valence-electron chi connectivity index (χ1n) is 26.7. The number of aryl methyl sites for hydroxylation is 1. The number of benzene rings is 1. The number of esters is 2. The molecule has 418 valence electrons. The monoisotopic (exact) mass is 1070 g/mol. The Bertz CT molecular complexity index is 2800. The standard InChI is InChI=1S/C54H74N10O13/c1-8-34-35-14-10-11-15-39(35)57-49-36(34)30-63-41(49)28-38-37(51(63)72)32-75-53(74)54(38,9-2)76-52(73)48(33(3)4)58-50(71)40-16-13-22-62(40)46(69)29-56-43(66)31-61(7)27-26-60(6)25-24-59(5)23-21-55-42(65)17-12-18-47(70)77-64-44(67)19-20-45(64)68/h10-11,14-15,28,33,40,44,48,67H,8-9,12-13,16-27,29-32H2,1-7H3,(H,55,65)(H,56,66)(H,58,71)/t40-,44?,48-,54-/m0/s1. The van der Waals surface area contributed by atoms with Gasteiger partial charge in [0.25, 0.3) is 11.5 Å². The molecule has 4 atom stereocenters. The fraction of sp³-hybridized carbons (Fsp3) is 0.593. The lowest BCUT2D eigenvalue weighted by Gasteiger charge is -2.37. The summed E-state index contributed by atoms with van der Waals surface area (Å²) in [7, 11) is 5.70. The molecular formula is C54H74N10O13. The smallest absolute Gasteiger partial charge is 0.355 e. The van der Waals surface area contributed by atoms with Crippen molar-refractivity contribution in [2.45, 2.75) is 123 Å². The quantitative estimate of drug-likeness (QED) is 0.0672. The Labute approximate surface area is 447 Å². The zero-order chi connectivity index (χ0) is 55.7. The number of carbonyl (C=O) groups is 8. The molecule has 6 heterocycles. The van der Waals surface area contributed by atoms with Crippen LogP contribution >= 0.6 is 0 Å². The van der Waals surface area contributed by atoms with Crippen molar-refractivity contribution in [1.82, 2.24) is 50.2 Å². The Hall–Kier alpha value is -6.82. The summed E-state index contributed by atoms with van der Waals surface area (Å²) in [5.41, 5.74) is 1.93. The SMILES string of the molecule is CCc1c2c(nc3ccccc13)-c1cc3c(c(=O)n1C2)COC(=O)[C@@]3(CC)OC(=O)[C@@H](NC(=O)[C@@H]1CCCN1C(=O)CNC(=O)CN(C)CCN(C)CCN(C)CCNC(=O)CCCC(=O)ON1C(=O)CCC1O)C(C)C. The first-order valence-corrected chi connectivity index (χ1v) is 26.7. The van der Waals surface area contributed by atoms with Gasteiger partial charge in [-0.15, -0.1) is 5.06 Å². The van der Waals surface area contributed by atoms with Crippen LogP contribution in [0.15, 0.2) is 35.1 Å².